The summed E-state index contributed by atoms with van der Waals surface area (Å²) in [7, 11) is 3.30. The number of rotatable bonds is 8. The SMILES string of the molecule is CCNC(=NCc1ccc(OC)cc1OC)NCCSC. The van der Waals surface area contributed by atoms with Gasteiger partial charge in [-0.25, -0.2) is 4.99 Å². The molecule has 0 aliphatic rings. The molecule has 0 spiro atoms. The maximum Gasteiger partial charge on any atom is 0.191 e. The summed E-state index contributed by atoms with van der Waals surface area (Å²) < 4.78 is 10.6. The van der Waals surface area contributed by atoms with Crippen LogP contribution in [0.2, 0.25) is 0 Å². The third-order valence-electron chi connectivity index (χ3n) is 2.84. The van der Waals surface area contributed by atoms with Crippen molar-refractivity contribution in [1.82, 2.24) is 10.6 Å². The molecule has 1 aromatic carbocycles. The molecule has 0 saturated heterocycles. The predicted molar refractivity (Wildman–Crippen MR) is 90.7 cm³/mol. The average Bonchev–Trinajstić information content (AvgIpc) is 2.52. The number of benzene rings is 1. The van der Waals surface area contributed by atoms with Crippen LogP contribution in [0.15, 0.2) is 23.2 Å². The fourth-order valence-electron chi connectivity index (χ4n) is 1.76. The Labute approximate surface area is 131 Å². The number of thioether (sulfide) groups is 1. The molecule has 0 aromatic heterocycles. The second-order valence-electron chi connectivity index (χ2n) is 4.29. The van der Waals surface area contributed by atoms with Crippen LogP contribution in [0.3, 0.4) is 0 Å². The minimum Gasteiger partial charge on any atom is -0.497 e. The van der Waals surface area contributed by atoms with E-state index in [1.54, 1.807) is 14.2 Å². The molecule has 0 radical (unpaired) electrons. The molecule has 0 aliphatic heterocycles. The van der Waals surface area contributed by atoms with Crippen molar-refractivity contribution in [2.75, 3.05) is 39.3 Å². The summed E-state index contributed by atoms with van der Waals surface area (Å²) in [6.07, 6.45) is 2.09. The van der Waals surface area contributed by atoms with Gasteiger partial charge in [0.05, 0.1) is 20.8 Å². The molecule has 2 N–H and O–H groups in total. The van der Waals surface area contributed by atoms with Gasteiger partial charge in [0.25, 0.3) is 0 Å². The van der Waals surface area contributed by atoms with E-state index in [0.29, 0.717) is 6.54 Å². The van der Waals surface area contributed by atoms with Crippen LogP contribution in [0.5, 0.6) is 11.5 Å². The van der Waals surface area contributed by atoms with Crippen molar-refractivity contribution in [3.05, 3.63) is 23.8 Å². The molecule has 118 valence electrons. The highest BCUT2D eigenvalue weighted by Gasteiger charge is 2.05. The van der Waals surface area contributed by atoms with E-state index in [2.05, 4.69) is 28.8 Å². The zero-order valence-corrected chi connectivity index (χ0v) is 14.0. The highest BCUT2D eigenvalue weighted by atomic mass is 32.2. The van der Waals surface area contributed by atoms with E-state index < -0.39 is 0 Å². The average molecular weight is 311 g/mol. The Morgan fingerprint density at radius 2 is 2.05 bits per heavy atom. The minimum atomic E-state index is 0.557. The maximum absolute atomic E-state index is 5.39. The Morgan fingerprint density at radius 3 is 2.67 bits per heavy atom. The monoisotopic (exact) mass is 311 g/mol. The van der Waals surface area contributed by atoms with Crippen LogP contribution < -0.4 is 20.1 Å². The number of guanidine groups is 1. The Bertz CT molecular complexity index is 453. The largest absolute Gasteiger partial charge is 0.497 e. The fourth-order valence-corrected chi connectivity index (χ4v) is 2.07. The molecule has 0 bridgehead atoms. The normalized spacial score (nSPS) is 11.1. The highest BCUT2D eigenvalue weighted by Crippen LogP contribution is 2.25. The van der Waals surface area contributed by atoms with E-state index in [9.17, 15) is 0 Å². The van der Waals surface area contributed by atoms with E-state index in [1.165, 1.54) is 0 Å². The molecule has 0 aliphatic carbocycles. The molecule has 1 rings (SSSR count). The van der Waals surface area contributed by atoms with Crippen molar-refractivity contribution in [2.24, 2.45) is 4.99 Å². The lowest BCUT2D eigenvalue weighted by molar-refractivity contribution is 0.391. The zero-order chi connectivity index (χ0) is 15.5. The third-order valence-corrected chi connectivity index (χ3v) is 3.46. The van der Waals surface area contributed by atoms with Crippen molar-refractivity contribution in [3.63, 3.8) is 0 Å². The molecule has 21 heavy (non-hydrogen) atoms. The van der Waals surface area contributed by atoms with Gasteiger partial charge in [-0.05, 0) is 25.3 Å². The van der Waals surface area contributed by atoms with E-state index in [0.717, 1.165) is 41.9 Å². The zero-order valence-electron chi connectivity index (χ0n) is 13.2. The smallest absolute Gasteiger partial charge is 0.191 e. The van der Waals surface area contributed by atoms with Gasteiger partial charge in [-0.15, -0.1) is 0 Å². The lowest BCUT2D eigenvalue weighted by atomic mass is 10.2. The highest BCUT2D eigenvalue weighted by molar-refractivity contribution is 7.98. The van der Waals surface area contributed by atoms with Crippen molar-refractivity contribution in [3.8, 4) is 11.5 Å². The van der Waals surface area contributed by atoms with Crippen LogP contribution in [0.1, 0.15) is 12.5 Å². The minimum absolute atomic E-state index is 0.557. The van der Waals surface area contributed by atoms with Crippen LogP contribution in [-0.2, 0) is 6.54 Å². The summed E-state index contributed by atoms with van der Waals surface area (Å²) in [6.45, 7) is 4.35. The molecule has 0 unspecified atom stereocenters. The first-order valence-electron chi connectivity index (χ1n) is 6.97. The van der Waals surface area contributed by atoms with Gasteiger partial charge in [0.2, 0.25) is 0 Å². The van der Waals surface area contributed by atoms with E-state index >= 15 is 0 Å². The van der Waals surface area contributed by atoms with Crippen molar-refractivity contribution < 1.29 is 9.47 Å². The van der Waals surface area contributed by atoms with Crippen molar-refractivity contribution in [1.29, 1.82) is 0 Å². The van der Waals surface area contributed by atoms with Crippen LogP contribution in [-0.4, -0.2) is 45.3 Å². The van der Waals surface area contributed by atoms with E-state index in [1.807, 2.05) is 30.0 Å². The van der Waals surface area contributed by atoms with Gasteiger partial charge in [-0.3, -0.25) is 0 Å². The Hall–Kier alpha value is -1.56. The van der Waals surface area contributed by atoms with Crippen LogP contribution in [0.25, 0.3) is 0 Å². The Balaban J connectivity index is 2.74. The molecular formula is C15H25N3O2S. The van der Waals surface area contributed by atoms with Gasteiger partial charge in [0, 0.05) is 30.5 Å². The number of nitrogens with zero attached hydrogens (tertiary/aromatic N) is 1. The second kappa shape index (κ2) is 10.2. The number of hydrogen-bond acceptors (Lipinski definition) is 4. The summed E-state index contributed by atoms with van der Waals surface area (Å²) in [4.78, 5) is 4.58. The first kappa shape index (κ1) is 17.5. The number of hydrogen-bond donors (Lipinski definition) is 2. The maximum atomic E-state index is 5.39. The summed E-state index contributed by atoms with van der Waals surface area (Å²) in [5.41, 5.74) is 1.03. The summed E-state index contributed by atoms with van der Waals surface area (Å²) in [5.74, 6) is 3.45. The van der Waals surface area contributed by atoms with Crippen LogP contribution in [0.4, 0.5) is 0 Å². The number of ether oxygens (including phenoxy) is 2. The van der Waals surface area contributed by atoms with Gasteiger partial charge in [0.15, 0.2) is 5.96 Å². The number of aliphatic imine (C=N–C) groups is 1. The molecule has 0 heterocycles. The van der Waals surface area contributed by atoms with Gasteiger partial charge < -0.3 is 20.1 Å². The summed E-state index contributed by atoms with van der Waals surface area (Å²) in [6, 6.07) is 5.77. The van der Waals surface area contributed by atoms with Gasteiger partial charge >= 0.3 is 0 Å². The van der Waals surface area contributed by atoms with Gasteiger partial charge in [-0.1, -0.05) is 0 Å². The fraction of sp³-hybridized carbons (Fsp3) is 0.533. The summed E-state index contributed by atoms with van der Waals surface area (Å²) in [5, 5.41) is 6.54. The quantitative estimate of drug-likeness (QED) is 0.437. The number of nitrogens with one attached hydrogen (secondary N) is 2. The summed E-state index contributed by atoms with van der Waals surface area (Å²) >= 11 is 1.81. The molecular weight excluding hydrogens is 286 g/mol. The Morgan fingerprint density at radius 1 is 1.24 bits per heavy atom. The van der Waals surface area contributed by atoms with Crippen LogP contribution >= 0.6 is 11.8 Å². The topological polar surface area (TPSA) is 54.9 Å². The lowest BCUT2D eigenvalue weighted by Crippen LogP contribution is -2.38. The van der Waals surface area contributed by atoms with E-state index in [4.69, 9.17) is 9.47 Å². The molecule has 0 fully saturated rings. The molecule has 0 atom stereocenters. The van der Waals surface area contributed by atoms with Crippen molar-refractivity contribution >= 4 is 17.7 Å². The Kier molecular flexibility index (Phi) is 8.50. The molecule has 0 amide bonds. The first-order chi connectivity index (χ1) is 10.2. The number of methoxy groups -OCH3 is 2. The molecule has 1 aromatic rings. The third kappa shape index (κ3) is 6.16. The van der Waals surface area contributed by atoms with E-state index in [-0.39, 0.29) is 0 Å². The van der Waals surface area contributed by atoms with Gasteiger partial charge in [-0.2, -0.15) is 11.8 Å². The van der Waals surface area contributed by atoms with Crippen LogP contribution in [0, 0.1) is 0 Å². The molecule has 6 heteroatoms. The first-order valence-corrected chi connectivity index (χ1v) is 8.36. The lowest BCUT2D eigenvalue weighted by Gasteiger charge is -2.12. The molecule has 0 saturated carbocycles. The van der Waals surface area contributed by atoms with Crippen molar-refractivity contribution in [2.45, 2.75) is 13.5 Å². The second-order valence-corrected chi connectivity index (χ2v) is 5.28. The van der Waals surface area contributed by atoms with Gasteiger partial charge in [0.1, 0.15) is 11.5 Å². The molecule has 5 nitrogen and oxygen atoms in total. The predicted octanol–water partition coefficient (Wildman–Crippen LogP) is 2.12. The standard InChI is InChI=1S/C15H25N3O2S/c1-5-16-15(17-8-9-21-4)18-11-12-6-7-13(19-2)10-14(12)20-3/h6-7,10H,5,8-9,11H2,1-4H3,(H2,16,17,18).